The summed E-state index contributed by atoms with van der Waals surface area (Å²) in [4.78, 5) is 45.6. The van der Waals surface area contributed by atoms with Crippen LogP contribution in [0.15, 0.2) is 6.20 Å². The van der Waals surface area contributed by atoms with Crippen molar-refractivity contribution in [1.29, 1.82) is 0 Å². The van der Waals surface area contributed by atoms with E-state index in [0.717, 1.165) is 0 Å². The average molecular weight is 457 g/mol. The largest absolute Gasteiger partial charge is 0.480 e. The molecule has 0 aromatic carbocycles. The van der Waals surface area contributed by atoms with Crippen LogP contribution in [-0.4, -0.2) is 70.0 Å². The summed E-state index contributed by atoms with van der Waals surface area (Å²) in [7, 11) is 0. The number of aliphatic carboxylic acids is 1. The molecule has 32 heavy (non-hydrogen) atoms. The van der Waals surface area contributed by atoms with E-state index in [2.05, 4.69) is 26.3 Å². The molecule has 0 bridgehead atoms. The van der Waals surface area contributed by atoms with Gasteiger partial charge in [-0.2, -0.15) is 0 Å². The summed E-state index contributed by atoms with van der Waals surface area (Å²) in [5.74, 6) is -1.31. The Bertz CT molecular complexity index is 731. The van der Waals surface area contributed by atoms with E-state index in [0.29, 0.717) is 44.3 Å². The molecule has 0 saturated carbocycles. The van der Waals surface area contributed by atoms with Crippen LogP contribution in [0.3, 0.4) is 0 Å². The van der Waals surface area contributed by atoms with Gasteiger partial charge in [-0.15, -0.1) is 5.10 Å². The molecule has 1 rings (SSSR count). The molecule has 12 nitrogen and oxygen atoms in total. The van der Waals surface area contributed by atoms with Gasteiger partial charge in [-0.25, -0.2) is 18.7 Å². The molecule has 0 radical (unpaired) electrons. The minimum absolute atomic E-state index is 0.128. The summed E-state index contributed by atoms with van der Waals surface area (Å²) in [6, 6.07) is -1.77. The van der Waals surface area contributed by atoms with Gasteiger partial charge in [-0.05, 0) is 19.3 Å². The smallest absolute Gasteiger partial charge is 0.326 e. The van der Waals surface area contributed by atoms with Crippen LogP contribution in [0, 0.1) is 0 Å². The maximum atomic E-state index is 12.2. The van der Waals surface area contributed by atoms with Gasteiger partial charge in [0.25, 0.3) is 6.47 Å². The number of nitrogens with zero attached hydrogens (tertiary/aromatic N) is 3. The Morgan fingerprint density at radius 3 is 2.72 bits per heavy atom. The van der Waals surface area contributed by atoms with Gasteiger partial charge in [-0.3, -0.25) is 9.59 Å². The van der Waals surface area contributed by atoms with Crippen LogP contribution < -0.4 is 16.0 Å². The Morgan fingerprint density at radius 2 is 2.06 bits per heavy atom. The molecule has 1 heterocycles. The number of amides is 3. The molecule has 13 heteroatoms. The van der Waals surface area contributed by atoms with Gasteiger partial charge in [0.05, 0.1) is 12.2 Å². The number of urea groups is 1. The highest BCUT2D eigenvalue weighted by atomic mass is 18.2. The number of halogens is 1. The third kappa shape index (κ3) is 11.2. The van der Waals surface area contributed by atoms with Crippen LogP contribution >= 0.6 is 0 Å². The number of carboxylic acid groups (broad SMARTS) is 1. The topological polar surface area (TPSA) is 165 Å². The van der Waals surface area contributed by atoms with Crippen LogP contribution in [-0.2, 0) is 32.1 Å². The Kier molecular flexibility index (Phi) is 13.0. The summed E-state index contributed by atoms with van der Waals surface area (Å²) in [6.45, 7) is 1.99. The molecule has 0 unspecified atom stereocenters. The zero-order chi connectivity index (χ0) is 23.8. The van der Waals surface area contributed by atoms with E-state index in [9.17, 15) is 23.6 Å². The molecular formula is C19H31FN6O6. The van der Waals surface area contributed by atoms with Gasteiger partial charge < -0.3 is 25.8 Å². The normalized spacial score (nSPS) is 12.4. The molecule has 0 fully saturated rings. The van der Waals surface area contributed by atoms with E-state index < -0.39 is 30.9 Å². The van der Waals surface area contributed by atoms with E-state index in [1.807, 2.05) is 0 Å². The van der Waals surface area contributed by atoms with Crippen molar-refractivity contribution in [3.63, 3.8) is 0 Å². The molecule has 0 saturated heterocycles. The quantitative estimate of drug-likeness (QED) is 0.149. The first kappa shape index (κ1) is 26.8. The van der Waals surface area contributed by atoms with E-state index in [1.165, 1.54) is 4.68 Å². The maximum absolute atomic E-state index is 12.2. The lowest BCUT2D eigenvalue weighted by Gasteiger charge is -2.19. The van der Waals surface area contributed by atoms with E-state index in [4.69, 9.17) is 9.84 Å². The second-order valence-corrected chi connectivity index (χ2v) is 7.03. The Labute approximate surface area is 185 Å². The van der Waals surface area contributed by atoms with Crippen molar-refractivity contribution >= 4 is 24.4 Å². The molecule has 3 amide bonds. The molecule has 0 aliphatic carbocycles. The van der Waals surface area contributed by atoms with E-state index in [-0.39, 0.29) is 31.8 Å². The number of ether oxygens (including phenoxy) is 1. The highest BCUT2D eigenvalue weighted by Crippen LogP contribution is 2.03. The molecule has 4 N–H and O–H groups in total. The third-order valence-electron chi connectivity index (χ3n) is 4.42. The molecule has 1 aromatic rings. The molecule has 2 atom stereocenters. The second kappa shape index (κ2) is 15.5. The molecule has 1 aromatic heterocycles. The number of aryl methyl sites for hydroxylation is 2. The fraction of sp³-hybridized carbons (Fsp3) is 0.684. The fourth-order valence-corrected chi connectivity index (χ4v) is 2.79. The number of nitrogens with one attached hydrogen (secondary N) is 3. The van der Waals surface area contributed by atoms with Crippen molar-refractivity contribution in [2.45, 2.75) is 70.7 Å². The van der Waals surface area contributed by atoms with Crippen LogP contribution in [0.2, 0.25) is 0 Å². The van der Waals surface area contributed by atoms with Crippen molar-refractivity contribution in [1.82, 2.24) is 30.9 Å². The molecule has 0 aliphatic heterocycles. The number of rotatable bonds is 17. The Morgan fingerprint density at radius 1 is 1.28 bits per heavy atom. The first-order chi connectivity index (χ1) is 15.4. The van der Waals surface area contributed by atoms with Crippen molar-refractivity contribution in [3.05, 3.63) is 11.9 Å². The van der Waals surface area contributed by atoms with Crippen molar-refractivity contribution in [2.24, 2.45) is 0 Å². The van der Waals surface area contributed by atoms with E-state index >= 15 is 0 Å². The number of alkyl halides is 1. The number of carbonyl (C=O) groups excluding carboxylic acids is 3. The first-order valence-corrected chi connectivity index (χ1v) is 10.5. The average Bonchev–Trinajstić information content (AvgIpc) is 3.19. The van der Waals surface area contributed by atoms with Gasteiger partial charge in [-0.1, -0.05) is 18.6 Å². The number of aromatic nitrogens is 3. The predicted molar refractivity (Wildman–Crippen MR) is 110 cm³/mol. The fourth-order valence-electron chi connectivity index (χ4n) is 2.79. The SMILES string of the molecule is CCC[C@H](NC(=O)N[C@@H](CCCCNC(=O)CCc1cn(CC[18F])nn1)OC=O)C(=O)O. The molecule has 0 aliphatic rings. The molecular weight excluding hydrogens is 426 g/mol. The van der Waals surface area contributed by atoms with Crippen LogP contribution in [0.5, 0.6) is 0 Å². The summed E-state index contributed by atoms with van der Waals surface area (Å²) < 4.78 is 18.4. The van der Waals surface area contributed by atoms with Crippen LogP contribution in [0.25, 0.3) is 0 Å². The highest BCUT2D eigenvalue weighted by molar-refractivity contribution is 5.82. The van der Waals surface area contributed by atoms with Gasteiger partial charge in [0.15, 0.2) is 6.23 Å². The third-order valence-corrected chi connectivity index (χ3v) is 4.42. The first-order valence-electron chi connectivity index (χ1n) is 10.5. The zero-order valence-corrected chi connectivity index (χ0v) is 18.1. The standard InChI is InChI=1S/C19H31FN6O6/c1-2-5-15(18(29)30)22-19(31)23-17(32-13-27)6-3-4-10-21-16(28)8-7-14-12-26(11-9-20)25-24-14/h12-13,15,17H,2-11H2,1H3,(H,21,28)(H,29,30)(H2,22,23,31)/t15-,17+/m0/s1/i20-1. The summed E-state index contributed by atoms with van der Waals surface area (Å²) in [5.41, 5.74) is 0.607. The van der Waals surface area contributed by atoms with Crippen LogP contribution in [0.1, 0.15) is 51.1 Å². The number of hydrogen-bond acceptors (Lipinski definition) is 7. The summed E-state index contributed by atoms with van der Waals surface area (Å²) >= 11 is 0. The van der Waals surface area contributed by atoms with Gasteiger partial charge in [0.2, 0.25) is 5.91 Å². The maximum Gasteiger partial charge on any atom is 0.326 e. The number of carboxylic acids is 1. The van der Waals surface area contributed by atoms with Crippen molar-refractivity contribution in [2.75, 3.05) is 13.2 Å². The Balaban J connectivity index is 2.25. The lowest BCUT2D eigenvalue weighted by atomic mass is 10.2. The highest BCUT2D eigenvalue weighted by Gasteiger charge is 2.21. The molecule has 0 spiro atoms. The van der Waals surface area contributed by atoms with Crippen molar-refractivity contribution < 1.29 is 33.4 Å². The monoisotopic (exact) mass is 457 g/mol. The van der Waals surface area contributed by atoms with Gasteiger partial charge in [0.1, 0.15) is 12.7 Å². The summed E-state index contributed by atoms with van der Waals surface area (Å²) in [6.07, 6.45) is 3.56. The zero-order valence-electron chi connectivity index (χ0n) is 18.1. The summed E-state index contributed by atoms with van der Waals surface area (Å²) in [5, 5.41) is 24.2. The number of hydrogen-bond donors (Lipinski definition) is 4. The van der Waals surface area contributed by atoms with Gasteiger partial charge in [0, 0.05) is 32.0 Å². The lowest BCUT2D eigenvalue weighted by molar-refractivity contribution is -0.139. The molecule has 180 valence electrons. The van der Waals surface area contributed by atoms with Crippen molar-refractivity contribution in [3.8, 4) is 0 Å². The second-order valence-electron chi connectivity index (χ2n) is 7.03. The minimum Gasteiger partial charge on any atom is -0.480 e. The lowest BCUT2D eigenvalue weighted by Crippen LogP contribution is -2.49. The number of unbranched alkanes of at least 4 members (excludes halogenated alkanes) is 1. The Hall–Kier alpha value is -3.25. The minimum atomic E-state index is -1.14. The number of carbonyl (C=O) groups is 4. The predicted octanol–water partition coefficient (Wildman–Crippen LogP) is 0.518. The van der Waals surface area contributed by atoms with E-state index in [1.54, 1.807) is 13.1 Å². The van der Waals surface area contributed by atoms with Gasteiger partial charge >= 0.3 is 12.0 Å². The van der Waals surface area contributed by atoms with Crippen LogP contribution in [0.4, 0.5) is 9.18 Å².